The zero-order chi connectivity index (χ0) is 15.8. The average Bonchev–Trinajstić information content (AvgIpc) is 2.43. The van der Waals surface area contributed by atoms with Gasteiger partial charge in [-0.25, -0.2) is 4.39 Å². The Morgan fingerprint density at radius 2 is 2.00 bits per heavy atom. The molecule has 5 heteroatoms. The van der Waals surface area contributed by atoms with Crippen molar-refractivity contribution in [1.29, 1.82) is 0 Å². The van der Waals surface area contributed by atoms with Gasteiger partial charge in [0, 0.05) is 0 Å². The molecule has 1 aromatic carbocycles. The lowest BCUT2D eigenvalue weighted by Gasteiger charge is -2.43. The Kier molecular flexibility index (Phi) is 4.03. The Morgan fingerprint density at radius 1 is 1.33 bits per heavy atom. The number of hydrogen-bond acceptors (Lipinski definition) is 2. The van der Waals surface area contributed by atoms with Gasteiger partial charge in [0.2, 0.25) is 5.91 Å². The van der Waals surface area contributed by atoms with Crippen LogP contribution >= 0.6 is 0 Å². The first-order chi connectivity index (χ1) is 9.84. The lowest BCUT2D eigenvalue weighted by molar-refractivity contribution is -0.138. The number of amides is 2. The summed E-state index contributed by atoms with van der Waals surface area (Å²) in [4.78, 5) is 26.4. The zero-order valence-corrected chi connectivity index (χ0v) is 12.9. The number of carbonyl (C=O) groups is 2. The summed E-state index contributed by atoms with van der Waals surface area (Å²) >= 11 is 0. The highest BCUT2D eigenvalue weighted by Crippen LogP contribution is 2.30. The molecular weight excluding hydrogens is 271 g/mol. The monoisotopic (exact) mass is 292 g/mol. The largest absolute Gasteiger partial charge is 0.340 e. The van der Waals surface area contributed by atoms with Crippen molar-refractivity contribution in [3.63, 3.8) is 0 Å². The Hall–Kier alpha value is -1.91. The van der Waals surface area contributed by atoms with Crippen molar-refractivity contribution in [3.05, 3.63) is 29.6 Å². The fourth-order valence-corrected chi connectivity index (χ4v) is 2.63. The zero-order valence-electron chi connectivity index (χ0n) is 12.9. The number of hydrogen-bond donors (Lipinski definition) is 1. The summed E-state index contributed by atoms with van der Waals surface area (Å²) in [6, 6.07) is 4.02. The van der Waals surface area contributed by atoms with Crippen molar-refractivity contribution in [1.82, 2.24) is 5.32 Å². The third-order valence-corrected chi connectivity index (χ3v) is 4.16. The second kappa shape index (κ2) is 5.47. The Labute approximate surface area is 124 Å². The number of rotatable bonds is 3. The summed E-state index contributed by atoms with van der Waals surface area (Å²) in [6.45, 7) is 7.10. The molecule has 0 radical (unpaired) electrons. The predicted molar refractivity (Wildman–Crippen MR) is 79.5 cm³/mol. The highest BCUT2D eigenvalue weighted by Gasteiger charge is 2.47. The summed E-state index contributed by atoms with van der Waals surface area (Å²) < 4.78 is 14.3. The molecule has 1 saturated heterocycles. The van der Waals surface area contributed by atoms with Crippen molar-refractivity contribution in [3.8, 4) is 0 Å². The Bertz CT molecular complexity index is 588. The van der Waals surface area contributed by atoms with Gasteiger partial charge in [0.25, 0.3) is 5.91 Å². The summed E-state index contributed by atoms with van der Waals surface area (Å²) in [7, 11) is 0. The number of aryl methyl sites for hydroxylation is 1. The third-order valence-electron chi connectivity index (χ3n) is 4.16. The van der Waals surface area contributed by atoms with Gasteiger partial charge in [-0.1, -0.05) is 19.9 Å². The molecular formula is C16H21FN2O2. The van der Waals surface area contributed by atoms with Crippen molar-refractivity contribution in [2.24, 2.45) is 0 Å². The van der Waals surface area contributed by atoms with E-state index in [4.69, 9.17) is 0 Å². The van der Waals surface area contributed by atoms with Gasteiger partial charge in [-0.2, -0.15) is 0 Å². The fourth-order valence-electron chi connectivity index (χ4n) is 2.63. The van der Waals surface area contributed by atoms with E-state index >= 15 is 0 Å². The van der Waals surface area contributed by atoms with Crippen LogP contribution in [-0.4, -0.2) is 23.4 Å². The van der Waals surface area contributed by atoms with Crippen LogP contribution in [-0.2, 0) is 9.59 Å². The number of benzene rings is 1. The average molecular weight is 292 g/mol. The van der Waals surface area contributed by atoms with Crippen molar-refractivity contribution >= 4 is 17.5 Å². The first kappa shape index (κ1) is 15.5. The first-order valence-corrected chi connectivity index (χ1v) is 7.26. The SMILES string of the molecule is CCC1C(=O)NC(C)(CC)C(=O)N1c1ccc(C)cc1F. The minimum absolute atomic E-state index is 0.173. The molecule has 2 atom stereocenters. The Balaban J connectivity index is 2.54. The van der Waals surface area contributed by atoms with Crippen LogP contribution in [0.2, 0.25) is 0 Å². The lowest BCUT2D eigenvalue weighted by Crippen LogP contribution is -2.69. The molecule has 0 saturated carbocycles. The van der Waals surface area contributed by atoms with Crippen molar-refractivity contribution < 1.29 is 14.0 Å². The normalized spacial score (nSPS) is 26.0. The van der Waals surface area contributed by atoms with Crippen LogP contribution in [0.15, 0.2) is 18.2 Å². The molecule has 4 nitrogen and oxygen atoms in total. The highest BCUT2D eigenvalue weighted by molar-refractivity contribution is 6.10. The topological polar surface area (TPSA) is 49.4 Å². The molecule has 2 amide bonds. The van der Waals surface area contributed by atoms with E-state index in [0.29, 0.717) is 12.8 Å². The molecule has 2 rings (SSSR count). The van der Waals surface area contributed by atoms with Crippen LogP contribution in [0, 0.1) is 12.7 Å². The summed E-state index contributed by atoms with van der Waals surface area (Å²) in [5, 5.41) is 2.77. The minimum atomic E-state index is -0.986. The van der Waals surface area contributed by atoms with E-state index < -0.39 is 17.4 Å². The van der Waals surface area contributed by atoms with Gasteiger partial charge >= 0.3 is 0 Å². The molecule has 21 heavy (non-hydrogen) atoms. The van der Waals surface area contributed by atoms with E-state index in [1.165, 1.54) is 11.0 Å². The smallest absolute Gasteiger partial charge is 0.253 e. The lowest BCUT2D eigenvalue weighted by atomic mass is 9.90. The second-order valence-electron chi connectivity index (χ2n) is 5.73. The maximum Gasteiger partial charge on any atom is 0.253 e. The number of nitrogens with one attached hydrogen (secondary N) is 1. The molecule has 0 bridgehead atoms. The molecule has 0 spiro atoms. The van der Waals surface area contributed by atoms with Crippen LogP contribution in [0.5, 0.6) is 0 Å². The van der Waals surface area contributed by atoms with Crippen LogP contribution in [0.25, 0.3) is 0 Å². The number of nitrogens with zero attached hydrogens (tertiary/aromatic N) is 1. The number of halogens is 1. The summed E-state index contributed by atoms with van der Waals surface area (Å²) in [5.74, 6) is -0.976. The molecule has 2 unspecified atom stereocenters. The molecule has 114 valence electrons. The highest BCUT2D eigenvalue weighted by atomic mass is 19.1. The van der Waals surface area contributed by atoms with Gasteiger partial charge in [-0.05, 0) is 44.4 Å². The van der Waals surface area contributed by atoms with Gasteiger partial charge in [0.05, 0.1) is 5.69 Å². The van der Waals surface area contributed by atoms with Crippen LogP contribution in [0.3, 0.4) is 0 Å². The molecule has 0 aliphatic carbocycles. The second-order valence-corrected chi connectivity index (χ2v) is 5.73. The molecule has 1 N–H and O–H groups in total. The molecule has 0 aromatic heterocycles. The molecule has 1 aliphatic heterocycles. The van der Waals surface area contributed by atoms with Crippen LogP contribution < -0.4 is 10.2 Å². The van der Waals surface area contributed by atoms with Gasteiger partial charge in [0.15, 0.2) is 0 Å². The predicted octanol–water partition coefficient (Wildman–Crippen LogP) is 2.54. The molecule has 1 heterocycles. The number of carbonyl (C=O) groups excluding carboxylic acids is 2. The first-order valence-electron chi connectivity index (χ1n) is 7.26. The van der Waals surface area contributed by atoms with Gasteiger partial charge in [-0.15, -0.1) is 0 Å². The Morgan fingerprint density at radius 3 is 2.52 bits per heavy atom. The van der Waals surface area contributed by atoms with E-state index in [9.17, 15) is 14.0 Å². The van der Waals surface area contributed by atoms with E-state index in [2.05, 4.69) is 5.32 Å². The van der Waals surface area contributed by atoms with E-state index in [1.54, 1.807) is 26.0 Å². The maximum atomic E-state index is 14.3. The summed E-state index contributed by atoms with van der Waals surface area (Å²) in [5.41, 5.74) is -0.0384. The molecule has 1 fully saturated rings. The number of anilines is 1. The van der Waals surface area contributed by atoms with Gasteiger partial charge < -0.3 is 5.32 Å². The van der Waals surface area contributed by atoms with E-state index in [1.807, 2.05) is 13.8 Å². The van der Waals surface area contributed by atoms with Crippen LogP contribution in [0.1, 0.15) is 39.2 Å². The van der Waals surface area contributed by atoms with E-state index in [-0.39, 0.29) is 17.5 Å². The quantitative estimate of drug-likeness (QED) is 0.930. The molecule has 1 aliphatic rings. The third kappa shape index (κ3) is 2.52. The van der Waals surface area contributed by atoms with Crippen LogP contribution in [0.4, 0.5) is 10.1 Å². The summed E-state index contributed by atoms with van der Waals surface area (Å²) in [6.07, 6.45) is 0.892. The van der Waals surface area contributed by atoms with Crippen molar-refractivity contribution in [2.45, 2.75) is 52.1 Å². The fraction of sp³-hybridized carbons (Fsp3) is 0.500. The van der Waals surface area contributed by atoms with Crippen molar-refractivity contribution in [2.75, 3.05) is 4.90 Å². The van der Waals surface area contributed by atoms with E-state index in [0.717, 1.165) is 5.56 Å². The van der Waals surface area contributed by atoms with Gasteiger partial charge in [0.1, 0.15) is 17.4 Å². The minimum Gasteiger partial charge on any atom is -0.340 e. The molecule has 1 aromatic rings. The number of piperazine rings is 1. The standard InChI is InChI=1S/C16H21FN2O2/c1-5-12-14(20)18-16(4,6-2)15(21)19(12)13-8-7-10(3)9-11(13)17/h7-9,12H,5-6H2,1-4H3,(H,18,20). The van der Waals surface area contributed by atoms with Gasteiger partial charge in [-0.3, -0.25) is 14.5 Å². The maximum absolute atomic E-state index is 14.3.